The third-order valence-electron chi connectivity index (χ3n) is 6.48. The Kier molecular flexibility index (Phi) is 4.11. The number of hydrogen-bond donors (Lipinski definition) is 0. The van der Waals surface area contributed by atoms with Gasteiger partial charge in [0.25, 0.3) is 0 Å². The van der Waals surface area contributed by atoms with Crippen LogP contribution in [0.4, 0.5) is 17.6 Å². The molecular formula is C28H12F4S2. The number of hydrogen-bond acceptors (Lipinski definition) is 2. The molecule has 0 saturated heterocycles. The number of thiophene rings is 2. The van der Waals surface area contributed by atoms with Crippen LogP contribution in [0.25, 0.3) is 32.0 Å². The zero-order valence-corrected chi connectivity index (χ0v) is 18.9. The summed E-state index contributed by atoms with van der Waals surface area (Å²) in [6, 6.07) is 15.3. The highest BCUT2D eigenvalue weighted by molar-refractivity contribution is 7.14. The maximum Gasteiger partial charge on any atom is 0.134 e. The molecule has 0 saturated carbocycles. The first kappa shape index (κ1) is 19.9. The van der Waals surface area contributed by atoms with Crippen LogP contribution in [0, 0.1) is 23.3 Å². The molecule has 7 rings (SSSR count). The lowest BCUT2D eigenvalue weighted by Crippen LogP contribution is -2.16. The quantitative estimate of drug-likeness (QED) is 0.234. The molecule has 5 aromatic rings. The molecule has 0 unspecified atom stereocenters. The van der Waals surface area contributed by atoms with Crippen molar-refractivity contribution in [3.05, 3.63) is 127 Å². The van der Waals surface area contributed by atoms with E-state index in [4.69, 9.17) is 0 Å². The SMILES string of the molecule is Fc1cccc(F)c1C1=c2cc3c(cc2-c2sccc21)=C(c1c(F)cccc1F)c1ccsc1-3. The number of benzene rings is 3. The van der Waals surface area contributed by atoms with E-state index in [1.807, 2.05) is 35.0 Å². The summed E-state index contributed by atoms with van der Waals surface area (Å²) in [5.41, 5.74) is 4.04. The molecule has 164 valence electrons. The van der Waals surface area contributed by atoms with Crippen molar-refractivity contribution >= 4 is 33.8 Å². The Bertz CT molecular complexity index is 1630. The Labute approximate surface area is 199 Å². The molecule has 0 radical (unpaired) electrons. The van der Waals surface area contributed by atoms with E-state index in [0.717, 1.165) is 42.4 Å². The van der Waals surface area contributed by atoms with Gasteiger partial charge in [-0.2, -0.15) is 0 Å². The number of halogens is 4. The van der Waals surface area contributed by atoms with Crippen molar-refractivity contribution in [3.8, 4) is 20.9 Å². The lowest BCUT2D eigenvalue weighted by Gasteiger charge is -2.08. The minimum absolute atomic E-state index is 0.0606. The normalized spacial score (nSPS) is 13.2. The van der Waals surface area contributed by atoms with Crippen molar-refractivity contribution in [1.82, 2.24) is 0 Å². The predicted octanol–water partition coefficient (Wildman–Crippen LogP) is 6.82. The molecule has 34 heavy (non-hydrogen) atoms. The first-order valence-corrected chi connectivity index (χ1v) is 12.3. The van der Waals surface area contributed by atoms with Crippen molar-refractivity contribution in [1.29, 1.82) is 0 Å². The molecule has 3 aromatic carbocycles. The van der Waals surface area contributed by atoms with Crippen molar-refractivity contribution in [3.63, 3.8) is 0 Å². The maximum atomic E-state index is 14.9. The molecule has 0 bridgehead atoms. The number of rotatable bonds is 2. The first-order chi connectivity index (χ1) is 16.5. The summed E-state index contributed by atoms with van der Waals surface area (Å²) in [5, 5.41) is 5.22. The van der Waals surface area contributed by atoms with Gasteiger partial charge in [0.1, 0.15) is 23.3 Å². The second-order valence-electron chi connectivity index (χ2n) is 8.21. The Morgan fingerprint density at radius 2 is 0.853 bits per heavy atom. The molecule has 0 nitrogen and oxygen atoms in total. The van der Waals surface area contributed by atoms with Crippen LogP contribution >= 0.6 is 22.7 Å². The Morgan fingerprint density at radius 1 is 0.471 bits per heavy atom. The summed E-state index contributed by atoms with van der Waals surface area (Å²) in [6.45, 7) is 0. The van der Waals surface area contributed by atoms with Gasteiger partial charge in [0.15, 0.2) is 0 Å². The van der Waals surface area contributed by atoms with Crippen LogP contribution in [0.3, 0.4) is 0 Å². The molecule has 6 heteroatoms. The molecule has 0 N–H and O–H groups in total. The van der Waals surface area contributed by atoms with Gasteiger partial charge in [0.05, 0.1) is 11.1 Å². The zero-order chi connectivity index (χ0) is 23.1. The summed E-state index contributed by atoms with van der Waals surface area (Å²) in [7, 11) is 0. The predicted molar refractivity (Wildman–Crippen MR) is 128 cm³/mol. The maximum absolute atomic E-state index is 14.9. The molecule has 2 heterocycles. The molecule has 0 spiro atoms. The minimum Gasteiger partial charge on any atom is -0.206 e. The highest BCUT2D eigenvalue weighted by Gasteiger charge is 2.31. The van der Waals surface area contributed by atoms with Gasteiger partial charge < -0.3 is 0 Å². The lowest BCUT2D eigenvalue weighted by molar-refractivity contribution is 0.576. The van der Waals surface area contributed by atoms with Gasteiger partial charge in [-0.1, -0.05) is 12.1 Å². The van der Waals surface area contributed by atoms with Gasteiger partial charge in [-0.05, 0) is 69.7 Å². The molecule has 2 aromatic heterocycles. The largest absolute Gasteiger partial charge is 0.206 e. The Balaban J connectivity index is 1.66. The van der Waals surface area contributed by atoms with Crippen molar-refractivity contribution in [2.75, 3.05) is 0 Å². The summed E-state index contributed by atoms with van der Waals surface area (Å²) in [4.78, 5) is 1.78. The number of fused-ring (bicyclic) bond motifs is 6. The molecule has 2 aliphatic carbocycles. The third-order valence-corrected chi connectivity index (χ3v) is 8.38. The fourth-order valence-corrected chi connectivity index (χ4v) is 6.99. The molecule has 0 aliphatic heterocycles. The average Bonchev–Trinajstić information content (AvgIpc) is 3.56. The van der Waals surface area contributed by atoms with E-state index in [2.05, 4.69) is 0 Å². The van der Waals surface area contributed by atoms with E-state index in [-0.39, 0.29) is 11.1 Å². The van der Waals surface area contributed by atoms with E-state index >= 15 is 0 Å². The zero-order valence-electron chi connectivity index (χ0n) is 17.3. The molecule has 2 aliphatic rings. The standard InChI is InChI=1S/C28H12F4S2/c29-19-3-1-4-20(30)25(19)23-13-7-9-33-27(13)17-12-16-18(11-15(17)23)28-14(8-10-34-28)24(16)26-21(31)5-2-6-22(26)32/h1-12H. The van der Waals surface area contributed by atoms with Crippen molar-refractivity contribution < 1.29 is 17.6 Å². The van der Waals surface area contributed by atoms with Gasteiger partial charge in [-0.25, -0.2) is 17.6 Å². The fourth-order valence-electron chi connectivity index (χ4n) is 5.12. The average molecular weight is 489 g/mol. The Morgan fingerprint density at radius 3 is 1.24 bits per heavy atom. The second-order valence-corrected chi connectivity index (χ2v) is 10.0. The van der Waals surface area contributed by atoms with Crippen molar-refractivity contribution in [2.45, 2.75) is 0 Å². The van der Waals surface area contributed by atoms with Crippen LogP contribution in [-0.4, -0.2) is 0 Å². The third kappa shape index (κ3) is 2.52. The summed E-state index contributed by atoms with van der Waals surface area (Å²) in [5.74, 6) is -2.51. The fraction of sp³-hybridized carbons (Fsp3) is 0. The van der Waals surface area contributed by atoms with Crippen LogP contribution in [0.15, 0.2) is 71.4 Å². The highest BCUT2D eigenvalue weighted by Crippen LogP contribution is 2.44. The van der Waals surface area contributed by atoms with Crippen LogP contribution in [-0.2, 0) is 0 Å². The lowest BCUT2D eigenvalue weighted by atomic mass is 9.98. The molecular weight excluding hydrogens is 476 g/mol. The molecule has 0 atom stereocenters. The van der Waals surface area contributed by atoms with Gasteiger partial charge >= 0.3 is 0 Å². The first-order valence-electron chi connectivity index (χ1n) is 10.5. The van der Waals surface area contributed by atoms with E-state index in [1.165, 1.54) is 59.1 Å². The monoisotopic (exact) mass is 488 g/mol. The summed E-state index contributed by atoms with van der Waals surface area (Å²) < 4.78 is 59.6. The second kappa shape index (κ2) is 7.01. The van der Waals surface area contributed by atoms with E-state index in [1.54, 1.807) is 0 Å². The van der Waals surface area contributed by atoms with Crippen LogP contribution in [0.2, 0.25) is 0 Å². The van der Waals surface area contributed by atoms with E-state index in [0.29, 0.717) is 11.1 Å². The smallest absolute Gasteiger partial charge is 0.134 e. The van der Waals surface area contributed by atoms with Gasteiger partial charge in [0.2, 0.25) is 0 Å². The van der Waals surface area contributed by atoms with Gasteiger partial charge in [-0.15, -0.1) is 22.7 Å². The van der Waals surface area contributed by atoms with Crippen LogP contribution in [0.5, 0.6) is 0 Å². The molecule has 0 amide bonds. The van der Waals surface area contributed by atoms with Crippen LogP contribution < -0.4 is 10.4 Å². The highest BCUT2D eigenvalue weighted by atomic mass is 32.1. The topological polar surface area (TPSA) is 0 Å². The molecule has 0 fully saturated rings. The van der Waals surface area contributed by atoms with Gasteiger partial charge in [-0.3, -0.25) is 0 Å². The summed E-state index contributed by atoms with van der Waals surface area (Å²) >= 11 is 2.96. The van der Waals surface area contributed by atoms with Crippen LogP contribution in [0.1, 0.15) is 22.3 Å². The van der Waals surface area contributed by atoms with E-state index in [9.17, 15) is 17.6 Å². The van der Waals surface area contributed by atoms with E-state index < -0.39 is 23.3 Å². The summed E-state index contributed by atoms with van der Waals surface area (Å²) in [6.07, 6.45) is 0. The van der Waals surface area contributed by atoms with Crippen molar-refractivity contribution in [2.24, 2.45) is 0 Å². The minimum atomic E-state index is -0.627. The van der Waals surface area contributed by atoms with Gasteiger partial charge in [0, 0.05) is 43.2 Å². The Hall–Kier alpha value is -3.48.